The summed E-state index contributed by atoms with van der Waals surface area (Å²) in [5, 5.41) is 0. The molecule has 0 amide bonds. The lowest BCUT2D eigenvalue weighted by atomic mass is 10.0. The van der Waals surface area contributed by atoms with Gasteiger partial charge in [-0.3, -0.25) is 0 Å². The van der Waals surface area contributed by atoms with Crippen LogP contribution in [0.15, 0.2) is 12.4 Å². The Morgan fingerprint density at radius 1 is 0.963 bits per heavy atom. The van der Waals surface area contributed by atoms with E-state index in [9.17, 15) is 0 Å². The molecule has 5 rings (SSSR count). The Morgan fingerprint density at radius 2 is 1.74 bits per heavy atom. The van der Waals surface area contributed by atoms with Gasteiger partial charge in [0, 0.05) is 48.2 Å². The van der Waals surface area contributed by atoms with Crippen molar-refractivity contribution in [2.45, 2.75) is 70.9 Å². The van der Waals surface area contributed by atoms with Crippen molar-refractivity contribution in [1.82, 2.24) is 19.9 Å². The first-order valence-corrected chi connectivity index (χ1v) is 10.4. The molecule has 27 heavy (non-hydrogen) atoms. The second-order valence-electron chi connectivity index (χ2n) is 8.25. The minimum absolute atomic E-state index is 0.569. The molecule has 0 bridgehead atoms. The molecule has 2 aliphatic carbocycles. The topological polar surface area (TPSA) is 58.0 Å². The molecule has 3 heterocycles. The Kier molecular flexibility index (Phi) is 4.21. The summed E-state index contributed by atoms with van der Waals surface area (Å²) in [6.07, 6.45) is 10.1. The Morgan fingerprint density at radius 3 is 2.48 bits per heavy atom. The Bertz CT molecular complexity index is 839. The number of piperidine rings is 1. The Hall–Kier alpha value is -2.24. The van der Waals surface area contributed by atoms with Crippen molar-refractivity contribution < 1.29 is 0 Å². The van der Waals surface area contributed by atoms with Gasteiger partial charge in [0.25, 0.3) is 0 Å². The number of rotatable bonds is 4. The third-order valence-electron chi connectivity index (χ3n) is 6.17. The molecule has 2 aromatic heterocycles. The number of hydrogen-bond donors (Lipinski definition) is 0. The summed E-state index contributed by atoms with van der Waals surface area (Å²) < 4.78 is 0. The lowest BCUT2D eigenvalue weighted by Crippen LogP contribution is -2.47. The SMILES string of the molecule is Cc1cc(N(C2CC2)C2CCN(c3nc(C)nc4c3CCC4)CC2)ncn1. The summed E-state index contributed by atoms with van der Waals surface area (Å²) in [5.41, 5.74) is 3.75. The van der Waals surface area contributed by atoms with Crippen molar-refractivity contribution in [2.75, 3.05) is 22.9 Å². The van der Waals surface area contributed by atoms with Gasteiger partial charge in [-0.25, -0.2) is 19.9 Å². The lowest BCUT2D eigenvalue weighted by molar-refractivity contribution is 0.456. The molecule has 1 saturated carbocycles. The Balaban J connectivity index is 1.34. The van der Waals surface area contributed by atoms with Crippen molar-refractivity contribution in [2.24, 2.45) is 0 Å². The number of fused-ring (bicyclic) bond motifs is 1. The normalized spacial score (nSPS) is 20.0. The molecule has 1 aliphatic heterocycles. The van der Waals surface area contributed by atoms with Crippen LogP contribution >= 0.6 is 0 Å². The predicted octanol–water partition coefficient (Wildman–Crippen LogP) is 3.01. The first-order valence-electron chi connectivity index (χ1n) is 10.4. The number of anilines is 2. The van der Waals surface area contributed by atoms with Crippen molar-refractivity contribution >= 4 is 11.6 Å². The van der Waals surface area contributed by atoms with E-state index >= 15 is 0 Å². The van der Waals surface area contributed by atoms with Crippen LogP contribution < -0.4 is 9.80 Å². The number of nitrogens with zero attached hydrogens (tertiary/aromatic N) is 6. The van der Waals surface area contributed by atoms with Crippen LogP contribution in [0.5, 0.6) is 0 Å². The van der Waals surface area contributed by atoms with Crippen molar-refractivity contribution in [3.05, 3.63) is 35.2 Å². The molecule has 6 nitrogen and oxygen atoms in total. The summed E-state index contributed by atoms with van der Waals surface area (Å²) in [5.74, 6) is 3.25. The highest BCUT2D eigenvalue weighted by Gasteiger charge is 2.37. The second kappa shape index (κ2) is 6.73. The van der Waals surface area contributed by atoms with E-state index in [1.165, 1.54) is 36.3 Å². The van der Waals surface area contributed by atoms with Gasteiger partial charge in [0.2, 0.25) is 0 Å². The smallest absolute Gasteiger partial charge is 0.135 e. The number of aromatic nitrogens is 4. The molecule has 142 valence electrons. The van der Waals surface area contributed by atoms with E-state index < -0.39 is 0 Å². The molecule has 0 radical (unpaired) electrons. The van der Waals surface area contributed by atoms with Crippen LogP contribution in [0.1, 0.15) is 54.9 Å². The maximum atomic E-state index is 4.84. The lowest BCUT2D eigenvalue weighted by Gasteiger charge is -2.40. The average Bonchev–Trinajstić information content (AvgIpc) is 3.38. The molecule has 2 fully saturated rings. The number of hydrogen-bond acceptors (Lipinski definition) is 6. The molecule has 0 N–H and O–H groups in total. The van der Waals surface area contributed by atoms with Gasteiger partial charge in [-0.2, -0.15) is 0 Å². The fourth-order valence-corrected chi connectivity index (χ4v) is 4.76. The monoisotopic (exact) mass is 364 g/mol. The van der Waals surface area contributed by atoms with Gasteiger partial charge < -0.3 is 9.80 Å². The molecular weight excluding hydrogens is 336 g/mol. The average molecular weight is 364 g/mol. The summed E-state index contributed by atoms with van der Waals surface area (Å²) in [7, 11) is 0. The fraction of sp³-hybridized carbons (Fsp3) is 0.619. The zero-order valence-electron chi connectivity index (χ0n) is 16.4. The van der Waals surface area contributed by atoms with Crippen molar-refractivity contribution in [3.63, 3.8) is 0 Å². The third-order valence-corrected chi connectivity index (χ3v) is 6.17. The highest BCUT2D eigenvalue weighted by Crippen LogP contribution is 2.37. The van der Waals surface area contributed by atoms with Gasteiger partial charge in [-0.1, -0.05) is 0 Å². The summed E-state index contributed by atoms with van der Waals surface area (Å²) in [6.45, 7) is 6.22. The summed E-state index contributed by atoms with van der Waals surface area (Å²) >= 11 is 0. The van der Waals surface area contributed by atoms with Gasteiger partial charge >= 0.3 is 0 Å². The fourth-order valence-electron chi connectivity index (χ4n) is 4.76. The van der Waals surface area contributed by atoms with E-state index in [4.69, 9.17) is 4.98 Å². The molecule has 0 spiro atoms. The minimum Gasteiger partial charge on any atom is -0.356 e. The standard InChI is InChI=1S/C21H28N6/c1-14-12-20(23-13-22-14)27(16-6-7-16)17-8-10-26(11-9-17)21-18-4-3-5-19(18)24-15(2)25-21/h12-13,16-17H,3-11H2,1-2H3. The minimum atomic E-state index is 0.569. The molecule has 6 heteroatoms. The zero-order chi connectivity index (χ0) is 18.4. The molecular formula is C21H28N6. The molecule has 2 aromatic rings. The summed E-state index contributed by atoms with van der Waals surface area (Å²) in [4.78, 5) is 23.5. The quantitative estimate of drug-likeness (QED) is 0.831. The first kappa shape index (κ1) is 16.9. The van der Waals surface area contributed by atoms with E-state index in [0.717, 1.165) is 56.1 Å². The second-order valence-corrected chi connectivity index (χ2v) is 8.25. The maximum Gasteiger partial charge on any atom is 0.135 e. The summed E-state index contributed by atoms with van der Waals surface area (Å²) in [6, 6.07) is 3.38. The molecule has 0 unspecified atom stereocenters. The van der Waals surface area contributed by atoms with E-state index in [1.807, 2.05) is 6.92 Å². The third kappa shape index (κ3) is 3.26. The van der Waals surface area contributed by atoms with Gasteiger partial charge in [0.1, 0.15) is 23.8 Å². The van der Waals surface area contributed by atoms with Crippen molar-refractivity contribution in [1.29, 1.82) is 0 Å². The van der Waals surface area contributed by atoms with Crippen molar-refractivity contribution in [3.8, 4) is 0 Å². The van der Waals surface area contributed by atoms with E-state index in [-0.39, 0.29) is 0 Å². The zero-order valence-corrected chi connectivity index (χ0v) is 16.4. The highest BCUT2D eigenvalue weighted by molar-refractivity contribution is 5.52. The Labute approximate surface area is 161 Å². The van der Waals surface area contributed by atoms with E-state index in [2.05, 4.69) is 37.7 Å². The van der Waals surface area contributed by atoms with Crippen LogP contribution in [0, 0.1) is 13.8 Å². The first-order chi connectivity index (χ1) is 13.2. The maximum absolute atomic E-state index is 4.84. The number of aryl methyl sites for hydroxylation is 3. The van der Waals surface area contributed by atoms with E-state index in [1.54, 1.807) is 6.33 Å². The van der Waals surface area contributed by atoms with Crippen LogP contribution in [-0.4, -0.2) is 45.1 Å². The van der Waals surface area contributed by atoms with Crippen LogP contribution in [0.4, 0.5) is 11.6 Å². The highest BCUT2D eigenvalue weighted by atomic mass is 15.3. The van der Waals surface area contributed by atoms with Crippen LogP contribution in [0.25, 0.3) is 0 Å². The molecule has 3 aliphatic rings. The van der Waals surface area contributed by atoms with E-state index in [0.29, 0.717) is 12.1 Å². The molecule has 0 atom stereocenters. The van der Waals surface area contributed by atoms with Gasteiger partial charge in [-0.15, -0.1) is 0 Å². The van der Waals surface area contributed by atoms with Gasteiger partial charge in [-0.05, 0) is 58.8 Å². The van der Waals surface area contributed by atoms with Crippen LogP contribution in [-0.2, 0) is 12.8 Å². The van der Waals surface area contributed by atoms with Crippen LogP contribution in [0.2, 0.25) is 0 Å². The largest absolute Gasteiger partial charge is 0.356 e. The van der Waals surface area contributed by atoms with Crippen LogP contribution in [0.3, 0.4) is 0 Å². The molecule has 1 saturated heterocycles. The van der Waals surface area contributed by atoms with Gasteiger partial charge in [0.15, 0.2) is 0 Å². The molecule has 0 aromatic carbocycles. The predicted molar refractivity (Wildman–Crippen MR) is 106 cm³/mol. The van der Waals surface area contributed by atoms with Gasteiger partial charge in [0.05, 0.1) is 0 Å².